The third-order valence-electron chi connectivity index (χ3n) is 13.6. The number of rotatable bonds is 55. The van der Waals surface area contributed by atoms with Crippen molar-refractivity contribution in [3.63, 3.8) is 0 Å². The maximum absolute atomic E-state index is 12.5. The van der Waals surface area contributed by atoms with Crippen LogP contribution in [-0.2, 0) is 14.3 Å². The van der Waals surface area contributed by atoms with Gasteiger partial charge in [0.05, 0.1) is 25.4 Å². The highest BCUT2D eigenvalue weighted by molar-refractivity contribution is 5.76. The maximum atomic E-state index is 12.5. The molecule has 0 aliphatic rings. The summed E-state index contributed by atoms with van der Waals surface area (Å²) in [5.41, 5.74) is 0. The molecule has 0 fully saturated rings. The fraction of sp³-hybridized carbons (Fsp3) is 0.869. The molecule has 0 spiro atoms. The molecule has 0 aliphatic carbocycles. The van der Waals surface area contributed by atoms with Gasteiger partial charge in [0.2, 0.25) is 5.91 Å². The molecule has 0 aliphatic heterocycles. The Hall–Kier alpha value is -1.92. The highest BCUT2D eigenvalue weighted by Crippen LogP contribution is 2.16. The number of carbonyl (C=O) groups is 2. The second kappa shape index (κ2) is 56.7. The summed E-state index contributed by atoms with van der Waals surface area (Å²) < 4.78 is 5.47. The summed E-state index contributed by atoms with van der Waals surface area (Å²) in [5, 5.41) is 23.1. The average Bonchev–Trinajstić information content (AvgIpc) is 3.33. The first kappa shape index (κ1) is 65.1. The van der Waals surface area contributed by atoms with Crippen LogP contribution in [0.15, 0.2) is 36.5 Å². The molecular weight excluding hydrogens is 827 g/mol. The number of hydrogen-bond acceptors (Lipinski definition) is 5. The Morgan fingerprint density at radius 3 is 1.07 bits per heavy atom. The van der Waals surface area contributed by atoms with E-state index in [-0.39, 0.29) is 18.5 Å². The standard InChI is InChI=1S/C61H115NO5/c1-3-5-7-9-11-13-15-17-19-21-22-23-25-26-29-33-37-41-45-49-53-59(64)58(57-63)62-60(65)54-50-46-42-38-34-30-28-32-36-40-44-48-52-56-67-61(66)55-51-47-43-39-35-31-27-24-20-18-16-14-12-10-8-6-4-2/h18,20,30,34,49,53,58-59,63-64H,3-17,19,21-29,31-33,35-48,50-52,54-57H2,1-2H3,(H,62,65)/b20-18-,34-30-,53-49+. The smallest absolute Gasteiger partial charge is 0.305 e. The first-order chi connectivity index (χ1) is 33.0. The quantitative estimate of drug-likeness (QED) is 0.0321. The molecule has 6 nitrogen and oxygen atoms in total. The van der Waals surface area contributed by atoms with Gasteiger partial charge in [0.1, 0.15) is 0 Å². The van der Waals surface area contributed by atoms with Crippen LogP contribution >= 0.6 is 0 Å². The van der Waals surface area contributed by atoms with Crippen LogP contribution in [0, 0.1) is 0 Å². The molecule has 0 rings (SSSR count). The largest absolute Gasteiger partial charge is 0.466 e. The molecule has 0 saturated heterocycles. The Morgan fingerprint density at radius 2 is 0.701 bits per heavy atom. The van der Waals surface area contributed by atoms with Gasteiger partial charge in [0.25, 0.3) is 0 Å². The third-order valence-corrected chi connectivity index (χ3v) is 13.6. The SMILES string of the molecule is CCCCCCCC/C=C\CCCCCCCCCC(=O)OCCCCCCCC/C=C\CCCCCC(=O)NC(CO)C(O)/C=C/CCCCCCCCCCCCCCCCCCCC. The van der Waals surface area contributed by atoms with Crippen LogP contribution in [0.1, 0.15) is 316 Å². The van der Waals surface area contributed by atoms with Crippen molar-refractivity contribution in [2.75, 3.05) is 13.2 Å². The van der Waals surface area contributed by atoms with Crippen molar-refractivity contribution in [2.24, 2.45) is 0 Å². The monoisotopic (exact) mass is 942 g/mol. The molecule has 0 aromatic carbocycles. The lowest BCUT2D eigenvalue weighted by Crippen LogP contribution is -2.45. The number of ether oxygens (including phenoxy) is 1. The number of aliphatic hydroxyl groups excluding tert-OH is 2. The third kappa shape index (κ3) is 53.3. The Morgan fingerprint density at radius 1 is 0.403 bits per heavy atom. The minimum atomic E-state index is -0.863. The van der Waals surface area contributed by atoms with Gasteiger partial charge in [-0.2, -0.15) is 0 Å². The Labute approximate surface area is 417 Å². The van der Waals surface area contributed by atoms with Crippen molar-refractivity contribution in [1.29, 1.82) is 0 Å². The van der Waals surface area contributed by atoms with Gasteiger partial charge in [0, 0.05) is 12.8 Å². The molecule has 6 heteroatoms. The number of carbonyl (C=O) groups excluding carboxylic acids is 2. The van der Waals surface area contributed by atoms with E-state index in [9.17, 15) is 19.8 Å². The first-order valence-electron chi connectivity index (χ1n) is 29.8. The summed E-state index contributed by atoms with van der Waals surface area (Å²) in [4.78, 5) is 24.5. The van der Waals surface area contributed by atoms with E-state index in [1.807, 2.05) is 6.08 Å². The van der Waals surface area contributed by atoms with Crippen LogP contribution in [-0.4, -0.2) is 47.4 Å². The molecule has 2 atom stereocenters. The normalized spacial score (nSPS) is 12.8. The van der Waals surface area contributed by atoms with E-state index in [0.717, 1.165) is 70.6 Å². The summed E-state index contributed by atoms with van der Waals surface area (Å²) in [5.74, 6) is -0.113. The van der Waals surface area contributed by atoms with Crippen molar-refractivity contribution in [3.8, 4) is 0 Å². The van der Waals surface area contributed by atoms with Gasteiger partial charge in [-0.1, -0.05) is 256 Å². The molecule has 1 amide bonds. The lowest BCUT2D eigenvalue weighted by atomic mass is 10.0. The lowest BCUT2D eigenvalue weighted by Gasteiger charge is -2.19. The number of hydrogen-bond donors (Lipinski definition) is 3. The summed E-state index contributed by atoms with van der Waals surface area (Å²) >= 11 is 0. The first-order valence-corrected chi connectivity index (χ1v) is 29.8. The van der Waals surface area contributed by atoms with E-state index in [4.69, 9.17) is 4.74 Å². The fourth-order valence-electron chi connectivity index (χ4n) is 9.03. The van der Waals surface area contributed by atoms with Gasteiger partial charge in [0.15, 0.2) is 0 Å². The van der Waals surface area contributed by atoms with Gasteiger partial charge in [-0.05, 0) is 83.5 Å². The number of amides is 1. The van der Waals surface area contributed by atoms with E-state index in [1.165, 1.54) is 218 Å². The average molecular weight is 943 g/mol. The molecule has 67 heavy (non-hydrogen) atoms. The van der Waals surface area contributed by atoms with E-state index < -0.39 is 12.1 Å². The number of nitrogens with one attached hydrogen (secondary N) is 1. The summed E-state index contributed by atoms with van der Waals surface area (Å²) in [6.07, 6.45) is 70.2. The minimum Gasteiger partial charge on any atom is -0.466 e. The molecule has 0 heterocycles. The van der Waals surface area contributed by atoms with Crippen LogP contribution in [0.4, 0.5) is 0 Å². The van der Waals surface area contributed by atoms with E-state index in [1.54, 1.807) is 6.08 Å². The van der Waals surface area contributed by atoms with Crippen molar-refractivity contribution in [3.05, 3.63) is 36.5 Å². The second-order valence-electron chi connectivity index (χ2n) is 20.3. The zero-order chi connectivity index (χ0) is 48.6. The lowest BCUT2D eigenvalue weighted by molar-refractivity contribution is -0.143. The highest BCUT2D eigenvalue weighted by atomic mass is 16.5. The zero-order valence-corrected chi connectivity index (χ0v) is 44.9. The molecule has 2 unspecified atom stereocenters. The Balaban J connectivity index is 3.52. The minimum absolute atomic E-state index is 0.0171. The number of aliphatic hydroxyl groups is 2. The van der Waals surface area contributed by atoms with Gasteiger partial charge in [-0.3, -0.25) is 9.59 Å². The number of esters is 1. The van der Waals surface area contributed by atoms with E-state index in [2.05, 4.69) is 43.5 Å². The van der Waals surface area contributed by atoms with Crippen molar-refractivity contribution >= 4 is 11.9 Å². The highest BCUT2D eigenvalue weighted by Gasteiger charge is 2.18. The topological polar surface area (TPSA) is 95.9 Å². The summed E-state index contributed by atoms with van der Waals surface area (Å²) in [6, 6.07) is -0.649. The molecule has 0 saturated carbocycles. The summed E-state index contributed by atoms with van der Waals surface area (Å²) in [6.45, 7) is 4.87. The van der Waals surface area contributed by atoms with Crippen molar-refractivity contribution in [2.45, 2.75) is 328 Å². The van der Waals surface area contributed by atoms with Gasteiger partial charge in [-0.25, -0.2) is 0 Å². The van der Waals surface area contributed by atoms with Crippen LogP contribution in [0.5, 0.6) is 0 Å². The van der Waals surface area contributed by atoms with Crippen molar-refractivity contribution in [1.82, 2.24) is 5.32 Å². The van der Waals surface area contributed by atoms with Gasteiger partial charge in [-0.15, -0.1) is 0 Å². The van der Waals surface area contributed by atoms with Gasteiger partial charge >= 0.3 is 5.97 Å². The molecule has 394 valence electrons. The molecule has 0 aromatic heterocycles. The molecule has 0 radical (unpaired) electrons. The van der Waals surface area contributed by atoms with E-state index >= 15 is 0 Å². The Kier molecular flexibility index (Phi) is 55.0. The molecule has 0 aromatic rings. The van der Waals surface area contributed by atoms with Crippen LogP contribution < -0.4 is 5.32 Å². The number of allylic oxidation sites excluding steroid dienone is 5. The fourth-order valence-corrected chi connectivity index (χ4v) is 9.03. The van der Waals surface area contributed by atoms with Gasteiger partial charge < -0.3 is 20.3 Å². The maximum Gasteiger partial charge on any atom is 0.305 e. The Bertz CT molecular complexity index is 1090. The molecular formula is C61H115NO5. The van der Waals surface area contributed by atoms with Crippen molar-refractivity contribution < 1.29 is 24.5 Å². The molecule has 0 bridgehead atoms. The van der Waals surface area contributed by atoms with Crippen LogP contribution in [0.2, 0.25) is 0 Å². The van der Waals surface area contributed by atoms with Crippen LogP contribution in [0.25, 0.3) is 0 Å². The van der Waals surface area contributed by atoms with Crippen LogP contribution in [0.3, 0.4) is 0 Å². The number of unbranched alkanes of at least 4 members (excludes halogenated alkanes) is 40. The van der Waals surface area contributed by atoms with E-state index in [0.29, 0.717) is 19.4 Å². The second-order valence-corrected chi connectivity index (χ2v) is 20.3. The zero-order valence-electron chi connectivity index (χ0n) is 44.9. The predicted octanol–water partition coefficient (Wildman–Crippen LogP) is 18.4. The summed E-state index contributed by atoms with van der Waals surface area (Å²) in [7, 11) is 0. The molecule has 3 N–H and O–H groups in total. The predicted molar refractivity (Wildman–Crippen MR) is 292 cm³/mol.